The van der Waals surface area contributed by atoms with Gasteiger partial charge in [-0.1, -0.05) is 58.4 Å². The number of nitrogens with one attached hydrogen (secondary N) is 1. The number of halogens is 1. The highest BCUT2D eigenvalue weighted by molar-refractivity contribution is 9.10. The minimum atomic E-state index is -0.277. The predicted molar refractivity (Wildman–Crippen MR) is 97.9 cm³/mol. The van der Waals surface area contributed by atoms with Crippen molar-refractivity contribution in [3.63, 3.8) is 0 Å². The van der Waals surface area contributed by atoms with Gasteiger partial charge in [-0.05, 0) is 30.3 Å². The number of nitrogens with zero attached hydrogens (tertiary/aromatic N) is 2. The fourth-order valence-corrected chi connectivity index (χ4v) is 2.57. The second kappa shape index (κ2) is 7.66. The molecule has 1 N–H and O–H groups in total. The summed E-state index contributed by atoms with van der Waals surface area (Å²) in [5, 5.41) is 4.31. The van der Waals surface area contributed by atoms with Gasteiger partial charge in [0.25, 0.3) is 5.91 Å². The molecule has 118 valence electrons. The molecule has 0 fully saturated rings. The zero-order chi connectivity index (χ0) is 16.8. The van der Waals surface area contributed by atoms with Crippen LogP contribution in [0.2, 0.25) is 0 Å². The number of hydrogen-bond donors (Lipinski definition) is 1. The number of hydrazone groups is 1. The molecular formula is C19H14BrN3O. The highest BCUT2D eigenvalue weighted by Crippen LogP contribution is 2.12. The molecule has 3 aromatic rings. The largest absolute Gasteiger partial charge is 0.271 e. The molecule has 0 saturated carbocycles. The third-order valence-electron chi connectivity index (χ3n) is 3.31. The van der Waals surface area contributed by atoms with Crippen molar-refractivity contribution in [2.75, 3.05) is 0 Å². The topological polar surface area (TPSA) is 54.4 Å². The lowest BCUT2D eigenvalue weighted by molar-refractivity contribution is 0.0955. The van der Waals surface area contributed by atoms with Crippen LogP contribution in [0.5, 0.6) is 0 Å². The Bertz CT molecular complexity index is 823. The van der Waals surface area contributed by atoms with Crippen molar-refractivity contribution in [3.05, 3.63) is 100 Å². The van der Waals surface area contributed by atoms with Crippen LogP contribution in [-0.2, 0) is 0 Å². The zero-order valence-electron chi connectivity index (χ0n) is 12.7. The average molecular weight is 380 g/mol. The molecule has 2 aromatic carbocycles. The summed E-state index contributed by atoms with van der Waals surface area (Å²) < 4.78 is 0.840. The van der Waals surface area contributed by atoms with Crippen molar-refractivity contribution in [3.8, 4) is 0 Å². The molecule has 1 amide bonds. The van der Waals surface area contributed by atoms with Crippen LogP contribution in [0, 0.1) is 0 Å². The summed E-state index contributed by atoms with van der Waals surface area (Å²) in [7, 11) is 0. The van der Waals surface area contributed by atoms with Gasteiger partial charge in [-0.2, -0.15) is 5.10 Å². The maximum atomic E-state index is 12.3. The van der Waals surface area contributed by atoms with Crippen molar-refractivity contribution in [2.45, 2.75) is 0 Å². The molecule has 0 atom stereocenters. The smallest absolute Gasteiger partial charge is 0.267 e. The molecule has 0 aliphatic heterocycles. The van der Waals surface area contributed by atoms with Crippen molar-refractivity contribution in [1.82, 2.24) is 10.4 Å². The Labute approximate surface area is 148 Å². The van der Waals surface area contributed by atoms with Gasteiger partial charge in [0.05, 0.1) is 5.69 Å². The Hall–Kier alpha value is -2.79. The summed E-state index contributed by atoms with van der Waals surface area (Å²) >= 11 is 3.36. The summed E-state index contributed by atoms with van der Waals surface area (Å²) in [6.07, 6.45) is 1.70. The van der Waals surface area contributed by atoms with E-state index in [4.69, 9.17) is 0 Å². The molecule has 0 spiro atoms. The Morgan fingerprint density at radius 1 is 0.917 bits per heavy atom. The molecule has 0 aliphatic rings. The molecule has 4 nitrogen and oxygen atoms in total. The number of amides is 1. The maximum Gasteiger partial charge on any atom is 0.271 e. The van der Waals surface area contributed by atoms with Crippen LogP contribution >= 0.6 is 15.9 Å². The monoisotopic (exact) mass is 379 g/mol. The van der Waals surface area contributed by atoms with E-state index in [0.717, 1.165) is 10.0 Å². The first-order valence-electron chi connectivity index (χ1n) is 7.34. The fraction of sp³-hybridized carbons (Fsp3) is 0. The minimum absolute atomic E-state index is 0.277. The molecule has 0 unspecified atom stereocenters. The van der Waals surface area contributed by atoms with Crippen LogP contribution in [0.1, 0.15) is 21.6 Å². The van der Waals surface area contributed by atoms with Crippen molar-refractivity contribution < 1.29 is 4.79 Å². The van der Waals surface area contributed by atoms with E-state index in [1.807, 2.05) is 54.6 Å². The van der Waals surface area contributed by atoms with Crippen molar-refractivity contribution in [1.29, 1.82) is 0 Å². The number of pyridine rings is 1. The number of carbonyl (C=O) groups excluding carboxylic acids is 1. The third-order valence-corrected chi connectivity index (χ3v) is 3.80. The number of carbonyl (C=O) groups is 1. The molecule has 0 saturated heterocycles. The molecule has 3 rings (SSSR count). The Balaban J connectivity index is 1.91. The number of hydrogen-bond acceptors (Lipinski definition) is 3. The first-order valence-corrected chi connectivity index (χ1v) is 8.14. The van der Waals surface area contributed by atoms with E-state index in [0.29, 0.717) is 17.0 Å². The van der Waals surface area contributed by atoms with E-state index in [1.165, 1.54) is 0 Å². The van der Waals surface area contributed by atoms with Gasteiger partial charge in [-0.25, -0.2) is 5.43 Å². The van der Waals surface area contributed by atoms with E-state index in [2.05, 4.69) is 31.4 Å². The van der Waals surface area contributed by atoms with Gasteiger partial charge in [0, 0.05) is 21.8 Å². The summed E-state index contributed by atoms with van der Waals surface area (Å²) in [6, 6.07) is 22.4. The highest BCUT2D eigenvalue weighted by atomic mass is 79.9. The predicted octanol–water partition coefficient (Wildman–Crippen LogP) is 4.03. The number of aromatic nitrogens is 1. The third kappa shape index (κ3) is 3.94. The number of rotatable bonds is 4. The SMILES string of the molecule is O=C(N/N=C(/c1ccccc1)c1ccccn1)c1cccc(Br)c1. The standard InChI is InChI=1S/C19H14BrN3O/c20-16-10-6-9-15(13-16)19(24)23-22-18(14-7-2-1-3-8-14)17-11-4-5-12-21-17/h1-13H,(H,23,24)/b22-18-. The van der Waals surface area contributed by atoms with Crippen LogP contribution in [0.15, 0.2) is 88.6 Å². The summed E-state index contributed by atoms with van der Waals surface area (Å²) in [6.45, 7) is 0. The summed E-state index contributed by atoms with van der Waals surface area (Å²) in [4.78, 5) is 16.6. The summed E-state index contributed by atoms with van der Waals surface area (Å²) in [5.74, 6) is -0.277. The van der Waals surface area contributed by atoms with Crippen LogP contribution in [-0.4, -0.2) is 16.6 Å². The van der Waals surface area contributed by atoms with Gasteiger partial charge in [-0.15, -0.1) is 0 Å². The van der Waals surface area contributed by atoms with Gasteiger partial charge < -0.3 is 0 Å². The van der Waals surface area contributed by atoms with Crippen LogP contribution < -0.4 is 5.43 Å². The van der Waals surface area contributed by atoms with Crippen LogP contribution in [0.3, 0.4) is 0 Å². The summed E-state index contributed by atoms with van der Waals surface area (Å²) in [5.41, 5.74) is 5.32. The molecule has 0 radical (unpaired) electrons. The molecular weight excluding hydrogens is 366 g/mol. The second-order valence-corrected chi connectivity index (χ2v) is 5.91. The lowest BCUT2D eigenvalue weighted by Gasteiger charge is -2.07. The molecule has 5 heteroatoms. The molecule has 1 aromatic heterocycles. The van der Waals surface area contributed by atoms with Gasteiger partial charge >= 0.3 is 0 Å². The Morgan fingerprint density at radius 2 is 1.67 bits per heavy atom. The molecule has 24 heavy (non-hydrogen) atoms. The lowest BCUT2D eigenvalue weighted by atomic mass is 10.1. The molecule has 0 aliphatic carbocycles. The van der Waals surface area contributed by atoms with Crippen LogP contribution in [0.25, 0.3) is 0 Å². The average Bonchev–Trinajstić information content (AvgIpc) is 2.63. The first-order chi connectivity index (χ1) is 11.7. The fourth-order valence-electron chi connectivity index (χ4n) is 2.17. The molecule has 1 heterocycles. The quantitative estimate of drug-likeness (QED) is 0.549. The van der Waals surface area contributed by atoms with Gasteiger partial charge in [0.1, 0.15) is 5.71 Å². The van der Waals surface area contributed by atoms with Gasteiger partial charge in [-0.3, -0.25) is 9.78 Å². The van der Waals surface area contributed by atoms with E-state index in [-0.39, 0.29) is 5.91 Å². The Morgan fingerprint density at radius 3 is 2.38 bits per heavy atom. The minimum Gasteiger partial charge on any atom is -0.267 e. The Kier molecular flexibility index (Phi) is 5.13. The van der Waals surface area contributed by atoms with Crippen molar-refractivity contribution in [2.24, 2.45) is 5.10 Å². The molecule has 0 bridgehead atoms. The lowest BCUT2D eigenvalue weighted by Crippen LogP contribution is -2.21. The van der Waals surface area contributed by atoms with Crippen molar-refractivity contribution >= 4 is 27.5 Å². The second-order valence-electron chi connectivity index (χ2n) is 4.99. The number of benzene rings is 2. The maximum absolute atomic E-state index is 12.3. The van der Waals surface area contributed by atoms with E-state index >= 15 is 0 Å². The first kappa shape index (κ1) is 16.1. The van der Waals surface area contributed by atoms with E-state index < -0.39 is 0 Å². The highest BCUT2D eigenvalue weighted by Gasteiger charge is 2.10. The normalized spacial score (nSPS) is 11.1. The van der Waals surface area contributed by atoms with Crippen LogP contribution in [0.4, 0.5) is 0 Å². The van der Waals surface area contributed by atoms with Gasteiger partial charge in [0.2, 0.25) is 0 Å². The zero-order valence-corrected chi connectivity index (χ0v) is 14.3. The van der Waals surface area contributed by atoms with E-state index in [1.54, 1.807) is 24.4 Å². The van der Waals surface area contributed by atoms with Gasteiger partial charge in [0.15, 0.2) is 0 Å². The van der Waals surface area contributed by atoms with E-state index in [9.17, 15) is 4.79 Å².